The molecule has 0 aliphatic rings. The Hall–Kier alpha value is -1.58. The highest BCUT2D eigenvalue weighted by molar-refractivity contribution is 6.34. The highest BCUT2D eigenvalue weighted by Gasteiger charge is 2.09. The molecule has 2 rings (SSSR count). The number of nitrogens with one attached hydrogen (secondary N) is 1. The number of hydrogen-bond donors (Lipinski definition) is 2. The highest BCUT2D eigenvalue weighted by Crippen LogP contribution is 2.23. The van der Waals surface area contributed by atoms with Crippen LogP contribution in [0.1, 0.15) is 10.4 Å². The van der Waals surface area contributed by atoms with Crippen LogP contribution in [0.3, 0.4) is 0 Å². The van der Waals surface area contributed by atoms with Gasteiger partial charge in [-0.25, -0.2) is 5.84 Å². The van der Waals surface area contributed by atoms with Crippen molar-refractivity contribution in [1.82, 2.24) is 5.43 Å². The van der Waals surface area contributed by atoms with Gasteiger partial charge in [0.2, 0.25) is 0 Å². The Morgan fingerprint density at radius 2 is 1.80 bits per heavy atom. The standard InChI is InChI=1S/C11H9ClN2O/c12-10-6-8-4-2-1-3-7(8)5-9(10)11(15)14-13/h1-6H,13H2,(H,14,15). The van der Waals surface area contributed by atoms with Crippen LogP contribution in [0.15, 0.2) is 36.4 Å². The van der Waals surface area contributed by atoms with Crippen molar-refractivity contribution < 1.29 is 4.79 Å². The van der Waals surface area contributed by atoms with Crippen molar-refractivity contribution in [2.45, 2.75) is 0 Å². The summed E-state index contributed by atoms with van der Waals surface area (Å²) in [5, 5.41) is 2.35. The molecule has 0 saturated carbocycles. The van der Waals surface area contributed by atoms with E-state index >= 15 is 0 Å². The van der Waals surface area contributed by atoms with Crippen LogP contribution in [0.5, 0.6) is 0 Å². The summed E-state index contributed by atoms with van der Waals surface area (Å²) < 4.78 is 0. The van der Waals surface area contributed by atoms with Gasteiger partial charge >= 0.3 is 0 Å². The summed E-state index contributed by atoms with van der Waals surface area (Å²) in [4.78, 5) is 11.4. The number of benzene rings is 2. The molecule has 2 aromatic carbocycles. The Balaban J connectivity index is 2.67. The number of nitrogen functional groups attached to an aromatic ring is 1. The fourth-order valence-corrected chi connectivity index (χ4v) is 1.72. The average molecular weight is 221 g/mol. The number of rotatable bonds is 1. The second-order valence-electron chi connectivity index (χ2n) is 3.15. The monoisotopic (exact) mass is 220 g/mol. The van der Waals surface area contributed by atoms with Crippen LogP contribution in [-0.4, -0.2) is 5.91 Å². The molecule has 0 aromatic heterocycles. The molecule has 0 aliphatic heterocycles. The number of amides is 1. The van der Waals surface area contributed by atoms with Crippen LogP contribution < -0.4 is 11.3 Å². The Labute approximate surface area is 91.8 Å². The topological polar surface area (TPSA) is 55.1 Å². The van der Waals surface area contributed by atoms with E-state index in [4.69, 9.17) is 17.4 Å². The third kappa shape index (κ3) is 1.79. The first kappa shape index (κ1) is 9.96. The fourth-order valence-electron chi connectivity index (χ4n) is 1.46. The van der Waals surface area contributed by atoms with Crippen molar-refractivity contribution in [1.29, 1.82) is 0 Å². The van der Waals surface area contributed by atoms with Gasteiger partial charge in [-0.1, -0.05) is 35.9 Å². The quantitative estimate of drug-likeness (QED) is 0.439. The van der Waals surface area contributed by atoms with E-state index < -0.39 is 0 Å². The molecule has 4 heteroatoms. The van der Waals surface area contributed by atoms with Gasteiger partial charge in [-0.2, -0.15) is 0 Å². The number of hydrazine groups is 1. The molecule has 76 valence electrons. The van der Waals surface area contributed by atoms with E-state index in [9.17, 15) is 4.79 Å². The first-order valence-electron chi connectivity index (χ1n) is 4.41. The molecule has 0 spiro atoms. The summed E-state index contributed by atoms with van der Waals surface area (Å²) in [5.41, 5.74) is 2.45. The molecule has 2 aromatic rings. The predicted octanol–water partition coefficient (Wildman–Crippen LogP) is 2.10. The fraction of sp³-hybridized carbons (Fsp3) is 0. The Bertz CT molecular complexity index is 525. The van der Waals surface area contributed by atoms with Gasteiger partial charge in [0, 0.05) is 0 Å². The zero-order valence-electron chi connectivity index (χ0n) is 7.83. The first-order chi connectivity index (χ1) is 7.22. The molecule has 0 aliphatic carbocycles. The molecule has 0 radical (unpaired) electrons. The number of hydrogen-bond acceptors (Lipinski definition) is 2. The van der Waals surface area contributed by atoms with E-state index in [0.717, 1.165) is 10.8 Å². The lowest BCUT2D eigenvalue weighted by Crippen LogP contribution is -2.30. The SMILES string of the molecule is NNC(=O)c1cc2ccccc2cc1Cl. The third-order valence-electron chi connectivity index (χ3n) is 2.21. The largest absolute Gasteiger partial charge is 0.290 e. The number of nitrogens with two attached hydrogens (primary N) is 1. The van der Waals surface area contributed by atoms with Crippen molar-refractivity contribution in [3.05, 3.63) is 47.0 Å². The molecular formula is C11H9ClN2O. The van der Waals surface area contributed by atoms with E-state index in [-0.39, 0.29) is 5.91 Å². The van der Waals surface area contributed by atoms with Crippen molar-refractivity contribution >= 4 is 28.3 Å². The molecule has 1 amide bonds. The Kier molecular flexibility index (Phi) is 2.58. The van der Waals surface area contributed by atoms with Gasteiger partial charge in [0.15, 0.2) is 0 Å². The van der Waals surface area contributed by atoms with Crippen LogP contribution in [0.25, 0.3) is 10.8 Å². The lowest BCUT2D eigenvalue weighted by atomic mass is 10.1. The van der Waals surface area contributed by atoms with Gasteiger partial charge in [-0.15, -0.1) is 0 Å². The smallest absolute Gasteiger partial charge is 0.266 e. The second kappa shape index (κ2) is 3.88. The van der Waals surface area contributed by atoms with E-state index in [1.165, 1.54) is 0 Å². The Morgan fingerprint density at radius 3 is 2.40 bits per heavy atom. The van der Waals surface area contributed by atoms with E-state index in [1.54, 1.807) is 12.1 Å². The summed E-state index contributed by atoms with van der Waals surface area (Å²) in [6.07, 6.45) is 0. The minimum Gasteiger partial charge on any atom is -0.290 e. The van der Waals surface area contributed by atoms with Crippen molar-refractivity contribution in [2.24, 2.45) is 5.84 Å². The van der Waals surface area contributed by atoms with Crippen LogP contribution in [0.4, 0.5) is 0 Å². The van der Waals surface area contributed by atoms with Crippen molar-refractivity contribution in [2.75, 3.05) is 0 Å². The molecule has 0 saturated heterocycles. The number of fused-ring (bicyclic) bond motifs is 1. The lowest BCUT2D eigenvalue weighted by Gasteiger charge is -2.04. The zero-order valence-corrected chi connectivity index (χ0v) is 8.58. The van der Waals surface area contributed by atoms with E-state index in [0.29, 0.717) is 10.6 Å². The molecule has 3 N–H and O–H groups in total. The van der Waals surface area contributed by atoms with Gasteiger partial charge in [0.25, 0.3) is 5.91 Å². The van der Waals surface area contributed by atoms with Crippen LogP contribution in [-0.2, 0) is 0 Å². The zero-order chi connectivity index (χ0) is 10.8. The molecule has 0 atom stereocenters. The highest BCUT2D eigenvalue weighted by atomic mass is 35.5. The van der Waals surface area contributed by atoms with Gasteiger partial charge in [-0.3, -0.25) is 10.2 Å². The second-order valence-corrected chi connectivity index (χ2v) is 3.56. The molecule has 0 fully saturated rings. The van der Waals surface area contributed by atoms with Crippen molar-refractivity contribution in [3.8, 4) is 0 Å². The lowest BCUT2D eigenvalue weighted by molar-refractivity contribution is 0.0954. The molecule has 3 nitrogen and oxygen atoms in total. The maximum Gasteiger partial charge on any atom is 0.266 e. The first-order valence-corrected chi connectivity index (χ1v) is 4.79. The van der Waals surface area contributed by atoms with E-state index in [1.807, 2.05) is 24.3 Å². The molecule has 0 unspecified atom stereocenters. The Morgan fingerprint density at radius 1 is 1.20 bits per heavy atom. The van der Waals surface area contributed by atoms with Crippen LogP contribution >= 0.6 is 11.6 Å². The summed E-state index contributed by atoms with van der Waals surface area (Å²) in [7, 11) is 0. The molecule has 0 bridgehead atoms. The van der Waals surface area contributed by atoms with Gasteiger partial charge in [-0.05, 0) is 22.9 Å². The summed E-state index contributed by atoms with van der Waals surface area (Å²) in [5.74, 6) is 4.68. The number of halogens is 1. The third-order valence-corrected chi connectivity index (χ3v) is 2.52. The predicted molar refractivity (Wildman–Crippen MR) is 60.6 cm³/mol. The number of carbonyl (C=O) groups is 1. The molecule has 15 heavy (non-hydrogen) atoms. The van der Waals surface area contributed by atoms with E-state index in [2.05, 4.69) is 5.43 Å². The summed E-state index contributed by atoms with van der Waals surface area (Å²) in [6.45, 7) is 0. The van der Waals surface area contributed by atoms with Gasteiger partial charge in [0.1, 0.15) is 0 Å². The number of carbonyl (C=O) groups excluding carboxylic acids is 1. The maximum atomic E-state index is 11.4. The van der Waals surface area contributed by atoms with Crippen molar-refractivity contribution in [3.63, 3.8) is 0 Å². The van der Waals surface area contributed by atoms with Crippen LogP contribution in [0.2, 0.25) is 5.02 Å². The normalized spacial score (nSPS) is 10.3. The minimum atomic E-state index is -0.384. The summed E-state index contributed by atoms with van der Waals surface area (Å²) >= 11 is 5.96. The maximum absolute atomic E-state index is 11.4. The van der Waals surface area contributed by atoms with Gasteiger partial charge < -0.3 is 0 Å². The molecule has 0 heterocycles. The van der Waals surface area contributed by atoms with Gasteiger partial charge in [0.05, 0.1) is 10.6 Å². The average Bonchev–Trinajstić information content (AvgIpc) is 2.27. The minimum absolute atomic E-state index is 0.384. The summed E-state index contributed by atoms with van der Waals surface area (Å²) in [6, 6.07) is 11.1. The van der Waals surface area contributed by atoms with Crippen LogP contribution in [0, 0.1) is 0 Å². The molecular weight excluding hydrogens is 212 g/mol.